The minimum absolute atomic E-state index is 0.928. The molecular formula is C42H24N4. The smallest absolute Gasteiger partial charge is 0.0978 e. The Labute approximate surface area is 263 Å². The van der Waals surface area contributed by atoms with Crippen LogP contribution in [0.25, 0.3) is 98.4 Å². The van der Waals surface area contributed by atoms with Crippen LogP contribution in [-0.4, -0.2) is 19.9 Å². The number of hydrogen-bond acceptors (Lipinski definition) is 4. The van der Waals surface area contributed by atoms with Crippen molar-refractivity contribution in [2.75, 3.05) is 0 Å². The molecule has 0 unspecified atom stereocenters. The van der Waals surface area contributed by atoms with Gasteiger partial charge in [-0.3, -0.25) is 9.97 Å². The van der Waals surface area contributed by atoms with E-state index in [0.29, 0.717) is 0 Å². The molecule has 4 aromatic heterocycles. The topological polar surface area (TPSA) is 51.6 Å². The molecule has 10 aromatic rings. The largest absolute Gasteiger partial charge is 0.254 e. The zero-order chi connectivity index (χ0) is 30.2. The van der Waals surface area contributed by atoms with Gasteiger partial charge in [0, 0.05) is 55.8 Å². The highest BCUT2D eigenvalue weighted by molar-refractivity contribution is 6.18. The molecule has 0 aliphatic heterocycles. The fourth-order valence-corrected chi connectivity index (χ4v) is 7.16. The van der Waals surface area contributed by atoms with Crippen LogP contribution in [0.5, 0.6) is 0 Å². The molecule has 0 aliphatic rings. The first-order chi connectivity index (χ1) is 22.8. The number of benzene rings is 6. The van der Waals surface area contributed by atoms with Crippen molar-refractivity contribution in [1.82, 2.24) is 19.9 Å². The second-order valence-corrected chi connectivity index (χ2v) is 11.9. The van der Waals surface area contributed by atoms with Crippen molar-refractivity contribution in [3.8, 4) is 22.3 Å². The lowest BCUT2D eigenvalue weighted by atomic mass is 9.91. The van der Waals surface area contributed by atoms with Crippen LogP contribution >= 0.6 is 0 Å². The minimum Gasteiger partial charge on any atom is -0.254 e. The molecule has 0 spiro atoms. The molecule has 10 rings (SSSR count). The van der Waals surface area contributed by atoms with Crippen LogP contribution in [0.2, 0.25) is 0 Å². The van der Waals surface area contributed by atoms with Gasteiger partial charge in [0.15, 0.2) is 0 Å². The fraction of sp³-hybridized carbons (Fsp3) is 0. The molecule has 0 saturated carbocycles. The van der Waals surface area contributed by atoms with E-state index in [2.05, 4.69) is 121 Å². The Morgan fingerprint density at radius 2 is 0.783 bits per heavy atom. The Kier molecular flexibility index (Phi) is 5.25. The van der Waals surface area contributed by atoms with E-state index in [1.165, 1.54) is 21.9 Å². The van der Waals surface area contributed by atoms with Crippen LogP contribution in [0, 0.1) is 0 Å². The van der Waals surface area contributed by atoms with E-state index >= 15 is 0 Å². The molecule has 0 aliphatic carbocycles. The second kappa shape index (κ2) is 9.62. The number of hydrogen-bond donors (Lipinski definition) is 0. The maximum atomic E-state index is 5.10. The van der Waals surface area contributed by atoms with Crippen molar-refractivity contribution in [2.45, 2.75) is 0 Å². The van der Waals surface area contributed by atoms with Crippen molar-refractivity contribution < 1.29 is 0 Å². The van der Waals surface area contributed by atoms with E-state index < -0.39 is 0 Å². The number of rotatable bonds is 2. The summed E-state index contributed by atoms with van der Waals surface area (Å²) in [5.74, 6) is 0. The number of pyridine rings is 4. The molecule has 4 heteroatoms. The third kappa shape index (κ3) is 3.67. The van der Waals surface area contributed by atoms with E-state index in [4.69, 9.17) is 19.9 Å². The molecule has 0 atom stereocenters. The Morgan fingerprint density at radius 3 is 1.28 bits per heavy atom. The van der Waals surface area contributed by atoms with Crippen molar-refractivity contribution in [3.05, 3.63) is 146 Å². The van der Waals surface area contributed by atoms with Gasteiger partial charge >= 0.3 is 0 Å². The molecule has 0 N–H and O–H groups in total. The molecule has 46 heavy (non-hydrogen) atoms. The number of para-hydroxylation sites is 2. The lowest BCUT2D eigenvalue weighted by Gasteiger charge is -2.15. The third-order valence-electron chi connectivity index (χ3n) is 9.26. The maximum absolute atomic E-state index is 5.10. The van der Waals surface area contributed by atoms with Gasteiger partial charge in [-0.15, -0.1) is 0 Å². The summed E-state index contributed by atoms with van der Waals surface area (Å²) in [4.78, 5) is 19.6. The second-order valence-electron chi connectivity index (χ2n) is 11.9. The average Bonchev–Trinajstić information content (AvgIpc) is 3.12. The quantitative estimate of drug-likeness (QED) is 0.150. The lowest BCUT2D eigenvalue weighted by molar-refractivity contribution is 1.40. The molecule has 0 amide bonds. The summed E-state index contributed by atoms with van der Waals surface area (Å²) in [6.07, 6.45) is 3.69. The molecule has 4 heterocycles. The number of nitrogens with zero attached hydrogens (tertiary/aromatic N) is 4. The number of fused-ring (bicyclic) bond motifs is 9. The van der Waals surface area contributed by atoms with Crippen LogP contribution in [0.3, 0.4) is 0 Å². The Balaban J connectivity index is 1.21. The third-order valence-corrected chi connectivity index (χ3v) is 9.26. The zero-order valence-electron chi connectivity index (χ0n) is 24.6. The highest BCUT2D eigenvalue weighted by Crippen LogP contribution is 2.41. The van der Waals surface area contributed by atoms with E-state index in [0.717, 1.165) is 76.5 Å². The number of aromatic nitrogens is 4. The molecule has 0 saturated heterocycles. The SMILES string of the molecule is c1cnc2c(c1)ccc1c(-c3ccc4cc(-c5c6ccccc6nc6c5ccc5cccnc56)ccc4c3)c3ccccc3nc12. The van der Waals surface area contributed by atoms with Gasteiger partial charge < -0.3 is 0 Å². The summed E-state index contributed by atoms with van der Waals surface area (Å²) in [7, 11) is 0. The van der Waals surface area contributed by atoms with Gasteiger partial charge in [-0.25, -0.2) is 9.97 Å². The lowest BCUT2D eigenvalue weighted by Crippen LogP contribution is -1.92. The van der Waals surface area contributed by atoms with Gasteiger partial charge in [-0.2, -0.15) is 0 Å². The highest BCUT2D eigenvalue weighted by atomic mass is 14.8. The molecular weight excluding hydrogens is 560 g/mol. The first kappa shape index (κ1) is 25.1. The fourth-order valence-electron chi connectivity index (χ4n) is 7.16. The first-order valence-electron chi connectivity index (χ1n) is 15.5. The Morgan fingerprint density at radius 1 is 0.326 bits per heavy atom. The molecule has 0 bridgehead atoms. The van der Waals surface area contributed by atoms with E-state index in [1.54, 1.807) is 0 Å². The van der Waals surface area contributed by atoms with Crippen molar-refractivity contribution in [1.29, 1.82) is 0 Å². The maximum Gasteiger partial charge on any atom is 0.0978 e. The van der Waals surface area contributed by atoms with Crippen molar-refractivity contribution >= 4 is 76.2 Å². The van der Waals surface area contributed by atoms with Gasteiger partial charge in [0.1, 0.15) is 0 Å². The van der Waals surface area contributed by atoms with E-state index in [9.17, 15) is 0 Å². The molecule has 0 radical (unpaired) electrons. The predicted molar refractivity (Wildman–Crippen MR) is 191 cm³/mol. The molecule has 6 aromatic carbocycles. The predicted octanol–water partition coefficient (Wildman–Crippen LogP) is 10.7. The molecule has 4 nitrogen and oxygen atoms in total. The molecule has 0 fully saturated rings. The van der Waals surface area contributed by atoms with Crippen molar-refractivity contribution in [2.24, 2.45) is 0 Å². The van der Waals surface area contributed by atoms with Crippen LogP contribution in [0.1, 0.15) is 0 Å². The minimum atomic E-state index is 0.928. The summed E-state index contributed by atoms with van der Waals surface area (Å²) in [5.41, 5.74) is 10.4. The van der Waals surface area contributed by atoms with Crippen molar-refractivity contribution in [3.63, 3.8) is 0 Å². The first-order valence-corrected chi connectivity index (χ1v) is 15.5. The summed E-state index contributed by atoms with van der Waals surface area (Å²) in [5, 5.41) is 9.04. The summed E-state index contributed by atoms with van der Waals surface area (Å²) in [6, 6.07) is 47.3. The van der Waals surface area contributed by atoms with Crippen LogP contribution in [0.15, 0.2) is 146 Å². The Bertz CT molecular complexity index is 2680. The molecule has 212 valence electrons. The van der Waals surface area contributed by atoms with Crippen LogP contribution in [-0.2, 0) is 0 Å². The summed E-state index contributed by atoms with van der Waals surface area (Å²) in [6.45, 7) is 0. The van der Waals surface area contributed by atoms with Gasteiger partial charge in [-0.05, 0) is 58.3 Å². The van der Waals surface area contributed by atoms with E-state index in [1.807, 2.05) is 24.5 Å². The van der Waals surface area contributed by atoms with Gasteiger partial charge in [0.25, 0.3) is 0 Å². The Hall–Kier alpha value is -6.26. The van der Waals surface area contributed by atoms with Gasteiger partial charge in [0.2, 0.25) is 0 Å². The van der Waals surface area contributed by atoms with Crippen LogP contribution < -0.4 is 0 Å². The standard InChI is InChI=1S/C42H24N4/c1-3-11-35-31(9-1)37(33-19-17-25-7-5-21-43-39(25)41(33)45-35)29-15-13-28-24-30(16-14-27(28)23-29)38-32-10-2-4-12-36(32)46-42-34(38)20-18-26-8-6-22-44-40(26)42/h1-24H. The van der Waals surface area contributed by atoms with Crippen LogP contribution in [0.4, 0.5) is 0 Å². The summed E-state index contributed by atoms with van der Waals surface area (Å²) >= 11 is 0. The van der Waals surface area contributed by atoms with Gasteiger partial charge in [-0.1, -0.05) is 97.1 Å². The zero-order valence-corrected chi connectivity index (χ0v) is 24.6. The highest BCUT2D eigenvalue weighted by Gasteiger charge is 2.17. The monoisotopic (exact) mass is 584 g/mol. The summed E-state index contributed by atoms with van der Waals surface area (Å²) < 4.78 is 0. The average molecular weight is 585 g/mol. The van der Waals surface area contributed by atoms with Gasteiger partial charge in [0.05, 0.1) is 33.1 Å². The van der Waals surface area contributed by atoms with E-state index in [-0.39, 0.29) is 0 Å². The normalized spacial score (nSPS) is 11.9.